The zero-order valence-corrected chi connectivity index (χ0v) is 20.3. The Balaban J connectivity index is 1.29. The zero-order chi connectivity index (χ0) is 24.6. The number of nitrogens with zero attached hydrogens (tertiary/aromatic N) is 2. The molecule has 1 aliphatic heterocycles. The third-order valence-electron chi connectivity index (χ3n) is 6.80. The summed E-state index contributed by atoms with van der Waals surface area (Å²) in [5.74, 6) is -0.576. The number of carbonyl (C=O) groups excluding carboxylic acids is 1. The van der Waals surface area contributed by atoms with Gasteiger partial charge in [0, 0.05) is 37.1 Å². The molecule has 0 unspecified atom stereocenters. The van der Waals surface area contributed by atoms with Gasteiger partial charge < -0.3 is 4.57 Å². The first-order valence-corrected chi connectivity index (χ1v) is 13.2. The highest BCUT2D eigenvalue weighted by molar-refractivity contribution is 7.89. The third kappa shape index (κ3) is 4.66. The second-order valence-corrected chi connectivity index (χ2v) is 11.0. The van der Waals surface area contributed by atoms with E-state index in [0.717, 1.165) is 28.8 Å². The molecule has 0 amide bonds. The number of halogens is 1. The summed E-state index contributed by atoms with van der Waals surface area (Å²) < 4.78 is 42.8. The molecule has 0 radical (unpaired) electrons. The lowest BCUT2D eigenvalue weighted by Crippen LogP contribution is -2.40. The molecule has 1 saturated heterocycles. The Kier molecular flexibility index (Phi) is 6.30. The Morgan fingerprint density at radius 3 is 2.57 bits per heavy atom. The fourth-order valence-corrected chi connectivity index (χ4v) is 6.57. The van der Waals surface area contributed by atoms with Gasteiger partial charge in [-0.1, -0.05) is 30.3 Å². The van der Waals surface area contributed by atoms with Crippen LogP contribution in [-0.2, 0) is 28.3 Å². The van der Waals surface area contributed by atoms with E-state index >= 15 is 0 Å². The molecule has 180 valence electrons. The topological polar surface area (TPSA) is 59.4 Å². The number of aryl methyl sites for hydroxylation is 2. The van der Waals surface area contributed by atoms with Crippen molar-refractivity contribution in [3.05, 3.63) is 90.4 Å². The Labute approximate surface area is 204 Å². The van der Waals surface area contributed by atoms with Crippen molar-refractivity contribution < 1.29 is 17.6 Å². The van der Waals surface area contributed by atoms with E-state index in [9.17, 15) is 17.6 Å². The lowest BCUT2D eigenvalue weighted by atomic mass is 9.98. The molecule has 2 heterocycles. The van der Waals surface area contributed by atoms with Crippen molar-refractivity contribution >= 4 is 26.7 Å². The molecule has 1 atom stereocenters. The van der Waals surface area contributed by atoms with Gasteiger partial charge in [-0.2, -0.15) is 4.31 Å². The zero-order valence-electron chi connectivity index (χ0n) is 19.5. The Morgan fingerprint density at radius 1 is 1.00 bits per heavy atom. The van der Waals surface area contributed by atoms with Gasteiger partial charge in [0.05, 0.1) is 10.9 Å². The fraction of sp³-hybridized carbons (Fsp3) is 0.250. The summed E-state index contributed by atoms with van der Waals surface area (Å²) in [5, 5.41) is 1.18. The van der Waals surface area contributed by atoms with E-state index in [1.54, 1.807) is 0 Å². The predicted molar refractivity (Wildman–Crippen MR) is 135 cm³/mol. The predicted octanol–water partition coefficient (Wildman–Crippen LogP) is 5.34. The summed E-state index contributed by atoms with van der Waals surface area (Å²) in [4.78, 5) is 13.1. The van der Waals surface area contributed by atoms with E-state index in [4.69, 9.17) is 0 Å². The number of hydrogen-bond acceptors (Lipinski definition) is 3. The smallest absolute Gasteiger partial charge is 0.243 e. The van der Waals surface area contributed by atoms with Crippen molar-refractivity contribution in [3.63, 3.8) is 0 Å². The maximum absolute atomic E-state index is 13.3. The quantitative estimate of drug-likeness (QED) is 0.351. The molecular weight excluding hydrogens is 463 g/mol. The van der Waals surface area contributed by atoms with Crippen LogP contribution in [0, 0.1) is 5.82 Å². The lowest BCUT2D eigenvalue weighted by Gasteiger charge is -2.23. The van der Waals surface area contributed by atoms with Gasteiger partial charge in [0.2, 0.25) is 10.0 Å². The molecule has 5 rings (SSSR count). The highest BCUT2D eigenvalue weighted by Gasteiger charge is 2.38. The number of ketones is 1. The van der Waals surface area contributed by atoms with Gasteiger partial charge in [-0.05, 0) is 78.4 Å². The van der Waals surface area contributed by atoms with Gasteiger partial charge in [-0.25, -0.2) is 12.8 Å². The average molecular weight is 491 g/mol. The van der Waals surface area contributed by atoms with Crippen LogP contribution in [0.5, 0.6) is 0 Å². The van der Waals surface area contributed by atoms with E-state index in [1.165, 1.54) is 27.3 Å². The standard InChI is InChI=1S/C28H27FN2O3S/c1-30-17-15-23-19-22(8-13-26(23)30)21-5-2-4-20(18-21)7-14-28(32)27-6-3-16-31(27)35(33,34)25-11-9-24(29)10-12-25/h2,4-5,8-13,15,17-19,27H,3,6-7,14,16H2,1H3/t27-/m0/s1. The monoisotopic (exact) mass is 490 g/mol. The van der Waals surface area contributed by atoms with E-state index in [1.807, 2.05) is 25.4 Å². The Hall–Kier alpha value is -3.29. The van der Waals surface area contributed by atoms with Crippen LogP contribution in [-0.4, -0.2) is 35.7 Å². The SMILES string of the molecule is Cn1ccc2cc(-c3cccc(CCC(=O)[C@@H]4CCCN4S(=O)(=O)c4ccc(F)cc4)c3)ccc21. The van der Waals surface area contributed by atoms with E-state index < -0.39 is 21.9 Å². The molecule has 1 aromatic heterocycles. The summed E-state index contributed by atoms with van der Waals surface area (Å²) in [6.45, 7) is 0.299. The number of sulfonamides is 1. The van der Waals surface area contributed by atoms with Crippen LogP contribution < -0.4 is 0 Å². The largest absolute Gasteiger partial charge is 0.351 e. The van der Waals surface area contributed by atoms with Gasteiger partial charge in [-0.15, -0.1) is 0 Å². The van der Waals surface area contributed by atoms with E-state index in [0.29, 0.717) is 25.8 Å². The van der Waals surface area contributed by atoms with Crippen molar-refractivity contribution in [2.24, 2.45) is 7.05 Å². The molecular formula is C28H27FN2O3S. The second kappa shape index (κ2) is 9.40. The number of rotatable bonds is 7. The third-order valence-corrected chi connectivity index (χ3v) is 8.72. The van der Waals surface area contributed by atoms with Crippen LogP contribution in [0.4, 0.5) is 4.39 Å². The number of carbonyl (C=O) groups is 1. The molecule has 7 heteroatoms. The number of benzene rings is 3. The van der Waals surface area contributed by atoms with E-state index in [-0.39, 0.29) is 17.1 Å². The number of aromatic nitrogens is 1. The summed E-state index contributed by atoms with van der Waals surface area (Å²) in [5.41, 5.74) is 4.41. The second-order valence-electron chi connectivity index (χ2n) is 9.09. The van der Waals surface area contributed by atoms with Crippen molar-refractivity contribution in [2.75, 3.05) is 6.54 Å². The molecule has 4 aromatic rings. The molecule has 0 aliphatic carbocycles. The molecule has 0 spiro atoms. The number of fused-ring (bicyclic) bond motifs is 1. The highest BCUT2D eigenvalue weighted by Crippen LogP contribution is 2.29. The van der Waals surface area contributed by atoms with Crippen LogP contribution in [0.3, 0.4) is 0 Å². The maximum Gasteiger partial charge on any atom is 0.243 e. The lowest BCUT2D eigenvalue weighted by molar-refractivity contribution is -0.122. The van der Waals surface area contributed by atoms with Gasteiger partial charge >= 0.3 is 0 Å². The molecule has 1 fully saturated rings. The molecule has 1 aliphatic rings. The van der Waals surface area contributed by atoms with Crippen LogP contribution >= 0.6 is 0 Å². The van der Waals surface area contributed by atoms with Gasteiger partial charge in [0.25, 0.3) is 0 Å². The number of hydrogen-bond donors (Lipinski definition) is 0. The highest BCUT2D eigenvalue weighted by atomic mass is 32.2. The van der Waals surface area contributed by atoms with Crippen molar-refractivity contribution in [1.82, 2.24) is 8.87 Å². The van der Waals surface area contributed by atoms with Crippen LogP contribution in [0.1, 0.15) is 24.8 Å². The molecule has 0 N–H and O–H groups in total. The minimum absolute atomic E-state index is 0.0155. The van der Waals surface area contributed by atoms with Crippen molar-refractivity contribution in [3.8, 4) is 11.1 Å². The summed E-state index contributed by atoms with van der Waals surface area (Å²) in [6, 6.07) is 20.7. The first-order chi connectivity index (χ1) is 16.8. The molecule has 3 aromatic carbocycles. The fourth-order valence-electron chi connectivity index (χ4n) is 4.89. The Bertz CT molecular complexity index is 1490. The molecule has 35 heavy (non-hydrogen) atoms. The molecule has 0 bridgehead atoms. The minimum Gasteiger partial charge on any atom is -0.351 e. The van der Waals surface area contributed by atoms with Crippen LogP contribution in [0.25, 0.3) is 22.0 Å². The first-order valence-electron chi connectivity index (χ1n) is 11.8. The molecule has 5 nitrogen and oxygen atoms in total. The molecule has 0 saturated carbocycles. The Morgan fingerprint density at radius 2 is 1.77 bits per heavy atom. The van der Waals surface area contributed by atoms with Crippen LogP contribution in [0.2, 0.25) is 0 Å². The van der Waals surface area contributed by atoms with E-state index in [2.05, 4.69) is 41.0 Å². The summed E-state index contributed by atoms with van der Waals surface area (Å²) in [6.07, 6.45) is 3.99. The van der Waals surface area contributed by atoms with Crippen molar-refractivity contribution in [2.45, 2.75) is 36.6 Å². The van der Waals surface area contributed by atoms with Gasteiger partial charge in [0.15, 0.2) is 5.78 Å². The maximum atomic E-state index is 13.3. The normalized spacial score (nSPS) is 16.7. The average Bonchev–Trinajstić information content (AvgIpc) is 3.51. The van der Waals surface area contributed by atoms with Gasteiger partial charge in [0.1, 0.15) is 5.82 Å². The minimum atomic E-state index is -3.85. The number of Topliss-reactive ketones (excluding diaryl/α,β-unsaturated/α-hetero) is 1. The van der Waals surface area contributed by atoms with Crippen LogP contribution in [0.15, 0.2) is 83.9 Å². The van der Waals surface area contributed by atoms with Crippen molar-refractivity contribution in [1.29, 1.82) is 0 Å². The summed E-state index contributed by atoms with van der Waals surface area (Å²) >= 11 is 0. The summed E-state index contributed by atoms with van der Waals surface area (Å²) in [7, 11) is -1.82. The van der Waals surface area contributed by atoms with Gasteiger partial charge in [-0.3, -0.25) is 4.79 Å². The first kappa shape index (κ1) is 23.5.